The fraction of sp³-hybridized carbons (Fsp3) is 0.167. The van der Waals surface area contributed by atoms with E-state index in [0.717, 1.165) is 11.4 Å². The van der Waals surface area contributed by atoms with Crippen LogP contribution < -0.4 is 4.90 Å². The highest BCUT2D eigenvalue weighted by atomic mass is 15.1. The molecular formula is C48H43N. The van der Waals surface area contributed by atoms with Crippen molar-refractivity contribution in [2.45, 2.75) is 52.4 Å². The van der Waals surface area contributed by atoms with Gasteiger partial charge in [0.1, 0.15) is 0 Å². The van der Waals surface area contributed by atoms with Crippen LogP contribution in [0.2, 0.25) is 0 Å². The molecule has 0 saturated carbocycles. The second-order valence-electron chi connectivity index (χ2n) is 15.5. The minimum atomic E-state index is 0.0770. The first-order chi connectivity index (χ1) is 23.6. The maximum Gasteiger partial charge on any atom is 0.0546 e. The van der Waals surface area contributed by atoms with Gasteiger partial charge in [-0.1, -0.05) is 151 Å². The van der Waals surface area contributed by atoms with Gasteiger partial charge in [0.2, 0.25) is 0 Å². The Balaban J connectivity index is 1.42. The molecule has 0 unspecified atom stereocenters. The normalized spacial score (nSPS) is 12.3. The Kier molecular flexibility index (Phi) is 7.34. The molecular weight excluding hydrogens is 591 g/mol. The van der Waals surface area contributed by atoms with Gasteiger partial charge in [-0.05, 0) is 113 Å². The molecule has 0 amide bonds. The summed E-state index contributed by atoms with van der Waals surface area (Å²) >= 11 is 0. The molecule has 49 heavy (non-hydrogen) atoms. The second kappa shape index (κ2) is 11.6. The van der Waals surface area contributed by atoms with Crippen LogP contribution in [0.3, 0.4) is 0 Å². The Labute approximate surface area is 290 Å². The van der Waals surface area contributed by atoms with E-state index in [9.17, 15) is 0 Å². The van der Waals surface area contributed by atoms with E-state index in [1.54, 1.807) is 0 Å². The third-order valence-electron chi connectivity index (χ3n) is 10.1. The maximum absolute atomic E-state index is 2.45. The molecule has 0 heterocycles. The maximum atomic E-state index is 2.45. The first-order valence-corrected chi connectivity index (χ1v) is 17.4. The van der Waals surface area contributed by atoms with Crippen molar-refractivity contribution in [2.24, 2.45) is 0 Å². The summed E-state index contributed by atoms with van der Waals surface area (Å²) in [5, 5.41) is 10.1. The van der Waals surface area contributed by atoms with E-state index in [-0.39, 0.29) is 10.8 Å². The number of nitrogens with zero attached hydrogens (tertiary/aromatic N) is 1. The number of anilines is 3. The summed E-state index contributed by atoms with van der Waals surface area (Å²) in [6, 6.07) is 56.5. The Hall–Kier alpha value is -5.40. The summed E-state index contributed by atoms with van der Waals surface area (Å²) < 4.78 is 0. The van der Waals surface area contributed by atoms with Crippen molar-refractivity contribution in [3.63, 3.8) is 0 Å². The van der Waals surface area contributed by atoms with Crippen molar-refractivity contribution in [1.82, 2.24) is 0 Å². The zero-order valence-electron chi connectivity index (χ0n) is 29.4. The van der Waals surface area contributed by atoms with Crippen molar-refractivity contribution >= 4 is 60.2 Å². The van der Waals surface area contributed by atoms with Crippen molar-refractivity contribution in [2.75, 3.05) is 4.90 Å². The molecule has 1 nitrogen and oxygen atoms in total. The third-order valence-corrected chi connectivity index (χ3v) is 10.1. The lowest BCUT2D eigenvalue weighted by Crippen LogP contribution is -2.14. The van der Waals surface area contributed by atoms with E-state index in [4.69, 9.17) is 0 Å². The molecule has 0 aliphatic rings. The Morgan fingerprint density at radius 1 is 0.388 bits per heavy atom. The van der Waals surface area contributed by atoms with Crippen molar-refractivity contribution in [3.05, 3.63) is 163 Å². The monoisotopic (exact) mass is 633 g/mol. The van der Waals surface area contributed by atoms with E-state index < -0.39 is 0 Å². The summed E-state index contributed by atoms with van der Waals surface area (Å²) in [6.07, 6.45) is 0. The van der Waals surface area contributed by atoms with Crippen LogP contribution in [0, 0.1) is 0 Å². The highest BCUT2D eigenvalue weighted by Gasteiger charge is 2.22. The lowest BCUT2D eigenvalue weighted by molar-refractivity contribution is 0.590. The van der Waals surface area contributed by atoms with Gasteiger partial charge in [0.15, 0.2) is 0 Å². The summed E-state index contributed by atoms with van der Waals surface area (Å²) in [5.74, 6) is 0. The summed E-state index contributed by atoms with van der Waals surface area (Å²) in [7, 11) is 0. The lowest BCUT2D eigenvalue weighted by atomic mass is 9.86. The van der Waals surface area contributed by atoms with E-state index in [1.165, 1.54) is 71.0 Å². The minimum Gasteiger partial charge on any atom is -0.310 e. The Morgan fingerprint density at radius 2 is 0.878 bits per heavy atom. The number of hydrogen-bond acceptors (Lipinski definition) is 1. The molecule has 1 heteroatoms. The minimum absolute atomic E-state index is 0.0770. The van der Waals surface area contributed by atoms with Crippen molar-refractivity contribution in [3.8, 4) is 11.1 Å². The molecule has 240 valence electrons. The highest BCUT2D eigenvalue weighted by molar-refractivity contribution is 6.26. The second-order valence-corrected chi connectivity index (χ2v) is 15.5. The molecule has 0 radical (unpaired) electrons. The van der Waals surface area contributed by atoms with Gasteiger partial charge in [-0.2, -0.15) is 0 Å². The Bertz CT molecular complexity index is 2430. The fourth-order valence-corrected chi connectivity index (χ4v) is 7.39. The van der Waals surface area contributed by atoms with E-state index in [1.807, 2.05) is 0 Å². The SMILES string of the molecule is CC(C)(C)c1ccc(N(c2ccc(C(C)(C)C)cc2)c2cc3cc(-c4ccc5ccccc5c4)c4ccccc4c3c3ccccc23)cc1. The molecule has 0 aliphatic heterocycles. The van der Waals surface area contributed by atoms with Crippen LogP contribution in [0.5, 0.6) is 0 Å². The lowest BCUT2D eigenvalue weighted by Gasteiger charge is -2.29. The number of fused-ring (bicyclic) bond motifs is 6. The molecule has 8 aromatic carbocycles. The zero-order chi connectivity index (χ0) is 33.9. The van der Waals surface area contributed by atoms with Crippen LogP contribution in [0.1, 0.15) is 52.7 Å². The average molecular weight is 634 g/mol. The van der Waals surface area contributed by atoms with Gasteiger partial charge in [0.05, 0.1) is 5.69 Å². The van der Waals surface area contributed by atoms with E-state index >= 15 is 0 Å². The van der Waals surface area contributed by atoms with E-state index in [0.29, 0.717) is 0 Å². The molecule has 0 fully saturated rings. The molecule has 8 rings (SSSR count). The fourth-order valence-electron chi connectivity index (χ4n) is 7.39. The zero-order valence-corrected chi connectivity index (χ0v) is 29.4. The van der Waals surface area contributed by atoms with Crippen LogP contribution in [0.15, 0.2) is 152 Å². The average Bonchev–Trinajstić information content (AvgIpc) is 3.11. The van der Waals surface area contributed by atoms with Crippen LogP contribution in [0.4, 0.5) is 17.1 Å². The molecule has 0 aromatic heterocycles. The number of hydrogen-bond donors (Lipinski definition) is 0. The smallest absolute Gasteiger partial charge is 0.0546 e. The van der Waals surface area contributed by atoms with Gasteiger partial charge in [0, 0.05) is 16.8 Å². The first kappa shape index (κ1) is 30.9. The van der Waals surface area contributed by atoms with Gasteiger partial charge in [-0.15, -0.1) is 0 Å². The van der Waals surface area contributed by atoms with Gasteiger partial charge < -0.3 is 4.90 Å². The third kappa shape index (κ3) is 5.54. The highest BCUT2D eigenvalue weighted by Crippen LogP contribution is 2.46. The predicted octanol–water partition coefficient (Wildman–Crippen LogP) is 14.0. The van der Waals surface area contributed by atoms with Crippen molar-refractivity contribution in [1.29, 1.82) is 0 Å². The molecule has 0 bridgehead atoms. The van der Waals surface area contributed by atoms with Gasteiger partial charge >= 0.3 is 0 Å². The summed E-state index contributed by atoms with van der Waals surface area (Å²) in [5.41, 5.74) is 8.78. The molecule has 0 N–H and O–H groups in total. The molecule has 0 spiro atoms. The predicted molar refractivity (Wildman–Crippen MR) is 214 cm³/mol. The van der Waals surface area contributed by atoms with Crippen LogP contribution in [-0.4, -0.2) is 0 Å². The van der Waals surface area contributed by atoms with Gasteiger partial charge in [0.25, 0.3) is 0 Å². The van der Waals surface area contributed by atoms with E-state index in [2.05, 4.69) is 198 Å². The van der Waals surface area contributed by atoms with Crippen molar-refractivity contribution < 1.29 is 0 Å². The number of benzene rings is 8. The molecule has 0 atom stereocenters. The van der Waals surface area contributed by atoms with Crippen LogP contribution in [0.25, 0.3) is 54.2 Å². The largest absolute Gasteiger partial charge is 0.310 e. The van der Waals surface area contributed by atoms with Crippen LogP contribution in [-0.2, 0) is 10.8 Å². The molecule has 0 saturated heterocycles. The number of rotatable bonds is 4. The summed E-state index contributed by atoms with van der Waals surface area (Å²) in [4.78, 5) is 2.45. The van der Waals surface area contributed by atoms with Gasteiger partial charge in [-0.25, -0.2) is 0 Å². The molecule has 8 aromatic rings. The van der Waals surface area contributed by atoms with Crippen LogP contribution >= 0.6 is 0 Å². The van der Waals surface area contributed by atoms with Gasteiger partial charge in [-0.3, -0.25) is 0 Å². The Morgan fingerprint density at radius 3 is 1.45 bits per heavy atom. The standard InChI is InChI=1S/C48H43N/c1-47(2,3)36-21-25-38(26-22-36)49(39-27-23-37(24-28-39)48(4,5)6)45-31-35-30-44(34-20-19-32-13-7-8-14-33(32)29-34)40-15-9-11-17-42(40)46(35)43-18-12-10-16-41(43)45/h7-31H,1-6H3. The first-order valence-electron chi connectivity index (χ1n) is 17.4. The molecule has 0 aliphatic carbocycles. The summed E-state index contributed by atoms with van der Waals surface area (Å²) in [6.45, 7) is 13.7. The topological polar surface area (TPSA) is 3.24 Å². The quantitative estimate of drug-likeness (QED) is 0.174.